The van der Waals surface area contributed by atoms with Crippen molar-refractivity contribution in [3.63, 3.8) is 0 Å². The third-order valence-electron chi connectivity index (χ3n) is 2.93. The maximum Gasteiger partial charge on any atom is 0.240 e. The van der Waals surface area contributed by atoms with E-state index in [1.54, 1.807) is 7.11 Å². The first-order chi connectivity index (χ1) is 9.06. The molecule has 0 saturated carbocycles. The van der Waals surface area contributed by atoms with E-state index in [4.69, 9.17) is 4.74 Å². The normalized spacial score (nSPS) is 14.1. The van der Waals surface area contributed by atoms with Gasteiger partial charge >= 0.3 is 0 Å². The van der Waals surface area contributed by atoms with E-state index >= 15 is 0 Å². The van der Waals surface area contributed by atoms with Gasteiger partial charge in [-0.1, -0.05) is 6.92 Å². The molecule has 2 atom stereocenters. The number of aromatic nitrogens is 1. The van der Waals surface area contributed by atoms with Crippen molar-refractivity contribution < 1.29 is 9.53 Å². The molecule has 5 nitrogen and oxygen atoms in total. The van der Waals surface area contributed by atoms with Crippen LogP contribution in [-0.2, 0) is 16.1 Å². The quantitative estimate of drug-likeness (QED) is 0.746. The molecule has 0 aliphatic carbocycles. The molecule has 2 N–H and O–H groups in total. The fourth-order valence-electron chi connectivity index (χ4n) is 2.02. The number of hydrogen-bond donors (Lipinski definition) is 2. The summed E-state index contributed by atoms with van der Waals surface area (Å²) in [6.45, 7) is 7.92. The lowest BCUT2D eigenvalue weighted by atomic mass is 10.2. The molecule has 1 aromatic rings. The van der Waals surface area contributed by atoms with Crippen LogP contribution in [0.2, 0.25) is 0 Å². The maximum absolute atomic E-state index is 11.8. The zero-order chi connectivity index (χ0) is 14.3. The Kier molecular flexibility index (Phi) is 6.59. The first-order valence-electron chi connectivity index (χ1n) is 6.74. The summed E-state index contributed by atoms with van der Waals surface area (Å²) in [6, 6.07) is 2.38. The topological polar surface area (TPSA) is 55.3 Å². The zero-order valence-corrected chi connectivity index (χ0v) is 12.3. The highest BCUT2D eigenvalue weighted by molar-refractivity contribution is 5.76. The number of carbonyl (C=O) groups excluding carboxylic acids is 1. The van der Waals surface area contributed by atoms with Gasteiger partial charge in [-0.2, -0.15) is 0 Å². The van der Waals surface area contributed by atoms with Crippen LogP contribution < -0.4 is 10.6 Å². The van der Waals surface area contributed by atoms with Gasteiger partial charge in [0.05, 0.1) is 6.61 Å². The van der Waals surface area contributed by atoms with Gasteiger partial charge in [-0.25, -0.2) is 0 Å². The Bertz CT molecular complexity index is 390. The van der Waals surface area contributed by atoms with E-state index in [1.807, 2.05) is 30.0 Å². The Morgan fingerprint density at radius 2 is 2.21 bits per heavy atom. The van der Waals surface area contributed by atoms with Crippen LogP contribution >= 0.6 is 0 Å². The summed E-state index contributed by atoms with van der Waals surface area (Å²) in [7, 11) is 1.63. The lowest BCUT2D eigenvalue weighted by molar-refractivity contribution is -0.122. The van der Waals surface area contributed by atoms with Gasteiger partial charge in [0.25, 0.3) is 0 Å². The second-order valence-corrected chi connectivity index (χ2v) is 4.82. The highest BCUT2D eigenvalue weighted by Gasteiger charge is 2.09. The van der Waals surface area contributed by atoms with Gasteiger partial charge in [-0.3, -0.25) is 4.79 Å². The van der Waals surface area contributed by atoms with E-state index in [-0.39, 0.29) is 11.9 Å². The van der Waals surface area contributed by atoms with E-state index in [0.29, 0.717) is 19.2 Å². The molecule has 1 amide bonds. The van der Waals surface area contributed by atoms with Crippen LogP contribution in [0.3, 0.4) is 0 Å². The Balaban J connectivity index is 2.47. The van der Waals surface area contributed by atoms with Crippen molar-refractivity contribution in [1.29, 1.82) is 0 Å². The summed E-state index contributed by atoms with van der Waals surface area (Å²) in [5, 5.41) is 6.24. The molecule has 1 heterocycles. The monoisotopic (exact) mass is 267 g/mol. The molecule has 5 heteroatoms. The second kappa shape index (κ2) is 7.96. The molecule has 0 spiro atoms. The highest BCUT2D eigenvalue weighted by atomic mass is 16.5. The van der Waals surface area contributed by atoms with Crippen molar-refractivity contribution in [2.45, 2.75) is 39.4 Å². The summed E-state index contributed by atoms with van der Waals surface area (Å²) in [5.41, 5.74) is 1.19. The predicted octanol–water partition coefficient (Wildman–Crippen LogP) is 1.31. The molecule has 0 radical (unpaired) electrons. The van der Waals surface area contributed by atoms with Crippen LogP contribution in [0.1, 0.15) is 32.4 Å². The van der Waals surface area contributed by atoms with Crippen LogP contribution in [0.15, 0.2) is 18.5 Å². The number of nitrogens with zero attached hydrogens (tertiary/aromatic N) is 1. The number of amides is 1. The minimum Gasteiger partial charge on any atom is -0.383 e. The van der Waals surface area contributed by atoms with Crippen molar-refractivity contribution in [3.05, 3.63) is 24.0 Å². The van der Waals surface area contributed by atoms with Crippen molar-refractivity contribution >= 4 is 5.91 Å². The van der Waals surface area contributed by atoms with Crippen LogP contribution in [-0.4, -0.2) is 36.8 Å². The summed E-state index contributed by atoms with van der Waals surface area (Å²) >= 11 is 0. The standard InChI is InChI=1S/C14H25N3O2/c1-5-15-12(3)13-6-7-17(8-13)9-14(18)16-11(2)10-19-4/h6-8,11-12,15H,5,9-10H2,1-4H3,(H,16,18). The largest absolute Gasteiger partial charge is 0.383 e. The smallest absolute Gasteiger partial charge is 0.240 e. The molecule has 0 fully saturated rings. The summed E-state index contributed by atoms with van der Waals surface area (Å²) < 4.78 is 6.89. The molecule has 0 aliphatic heterocycles. The van der Waals surface area contributed by atoms with Crippen LogP contribution in [0.5, 0.6) is 0 Å². The average molecular weight is 267 g/mol. The van der Waals surface area contributed by atoms with E-state index in [1.165, 1.54) is 5.56 Å². The van der Waals surface area contributed by atoms with Gasteiger partial charge in [0.2, 0.25) is 5.91 Å². The van der Waals surface area contributed by atoms with Crippen molar-refractivity contribution in [3.8, 4) is 0 Å². The molecule has 0 aliphatic rings. The Morgan fingerprint density at radius 3 is 2.84 bits per heavy atom. The molecule has 0 aromatic carbocycles. The maximum atomic E-state index is 11.8. The number of carbonyl (C=O) groups is 1. The SMILES string of the molecule is CCNC(C)c1ccn(CC(=O)NC(C)COC)c1. The van der Waals surface area contributed by atoms with Gasteiger partial charge in [-0.05, 0) is 32.0 Å². The van der Waals surface area contributed by atoms with Gasteiger partial charge in [0.15, 0.2) is 0 Å². The van der Waals surface area contributed by atoms with E-state index in [9.17, 15) is 4.79 Å². The van der Waals surface area contributed by atoms with Crippen molar-refractivity contribution in [1.82, 2.24) is 15.2 Å². The lowest BCUT2D eigenvalue weighted by Gasteiger charge is -2.13. The van der Waals surface area contributed by atoms with Crippen molar-refractivity contribution in [2.24, 2.45) is 0 Å². The molecule has 1 aromatic heterocycles. The minimum absolute atomic E-state index is 0.00260. The molecule has 0 saturated heterocycles. The predicted molar refractivity (Wildman–Crippen MR) is 76.0 cm³/mol. The molecule has 0 bridgehead atoms. The fourth-order valence-corrected chi connectivity index (χ4v) is 2.02. The first-order valence-corrected chi connectivity index (χ1v) is 6.74. The minimum atomic E-state index is 0.00260. The molecule has 19 heavy (non-hydrogen) atoms. The van der Waals surface area contributed by atoms with E-state index in [2.05, 4.69) is 24.5 Å². The van der Waals surface area contributed by atoms with Gasteiger partial charge in [0, 0.05) is 31.6 Å². The number of ether oxygens (including phenoxy) is 1. The van der Waals surface area contributed by atoms with Crippen LogP contribution in [0.4, 0.5) is 0 Å². The molecular weight excluding hydrogens is 242 g/mol. The highest BCUT2D eigenvalue weighted by Crippen LogP contribution is 2.12. The van der Waals surface area contributed by atoms with Crippen LogP contribution in [0, 0.1) is 0 Å². The number of hydrogen-bond acceptors (Lipinski definition) is 3. The average Bonchev–Trinajstić information content (AvgIpc) is 2.77. The van der Waals surface area contributed by atoms with E-state index < -0.39 is 0 Å². The second-order valence-electron chi connectivity index (χ2n) is 4.82. The lowest BCUT2D eigenvalue weighted by Crippen LogP contribution is -2.37. The van der Waals surface area contributed by atoms with Gasteiger partial charge in [-0.15, -0.1) is 0 Å². The molecule has 2 unspecified atom stereocenters. The number of nitrogens with one attached hydrogen (secondary N) is 2. The fraction of sp³-hybridized carbons (Fsp3) is 0.643. The first kappa shape index (κ1) is 15.7. The Labute approximate surface area is 115 Å². The van der Waals surface area contributed by atoms with Crippen LogP contribution in [0.25, 0.3) is 0 Å². The van der Waals surface area contributed by atoms with Crippen molar-refractivity contribution in [2.75, 3.05) is 20.3 Å². The number of methoxy groups -OCH3 is 1. The Morgan fingerprint density at radius 1 is 1.47 bits per heavy atom. The van der Waals surface area contributed by atoms with Gasteiger partial charge < -0.3 is 19.9 Å². The third-order valence-corrected chi connectivity index (χ3v) is 2.93. The summed E-state index contributed by atoms with van der Waals surface area (Å²) in [5.74, 6) is 0.00260. The molecular formula is C14H25N3O2. The zero-order valence-electron chi connectivity index (χ0n) is 12.3. The number of rotatable bonds is 8. The Hall–Kier alpha value is -1.33. The van der Waals surface area contributed by atoms with E-state index in [0.717, 1.165) is 6.54 Å². The molecule has 108 valence electrons. The summed E-state index contributed by atoms with van der Waals surface area (Å²) in [4.78, 5) is 11.8. The molecule has 1 rings (SSSR count). The third kappa shape index (κ3) is 5.44. The van der Waals surface area contributed by atoms with Gasteiger partial charge in [0.1, 0.15) is 6.54 Å². The summed E-state index contributed by atoms with van der Waals surface area (Å²) in [6.07, 6.45) is 3.94.